The Labute approximate surface area is 107 Å². The second-order valence-electron chi connectivity index (χ2n) is 4.16. The Morgan fingerprint density at radius 1 is 1.65 bits per heavy atom. The number of halogens is 1. The predicted molar refractivity (Wildman–Crippen MR) is 72.3 cm³/mol. The molecule has 4 heteroatoms. The van der Waals surface area contributed by atoms with E-state index in [4.69, 9.17) is 17.3 Å². The van der Waals surface area contributed by atoms with Gasteiger partial charge in [0.2, 0.25) is 0 Å². The van der Waals surface area contributed by atoms with Crippen LogP contribution in [0.1, 0.15) is 17.2 Å². The molecule has 1 aliphatic rings. The largest absolute Gasteiger partial charge is 0.370 e. The van der Waals surface area contributed by atoms with Gasteiger partial charge in [-0.3, -0.25) is 4.99 Å². The van der Waals surface area contributed by atoms with Crippen molar-refractivity contribution >= 4 is 17.6 Å². The van der Waals surface area contributed by atoms with Gasteiger partial charge in [0, 0.05) is 11.6 Å². The highest BCUT2D eigenvalue weighted by Crippen LogP contribution is 2.28. The fourth-order valence-electron chi connectivity index (χ4n) is 1.99. The third kappa shape index (κ3) is 2.29. The average Bonchev–Trinajstić information content (AvgIpc) is 2.66. The molecule has 0 saturated carbocycles. The molecule has 1 aliphatic heterocycles. The van der Waals surface area contributed by atoms with Crippen molar-refractivity contribution < 1.29 is 0 Å². The van der Waals surface area contributed by atoms with Gasteiger partial charge in [0.05, 0.1) is 12.6 Å². The first-order valence-electron chi connectivity index (χ1n) is 5.57. The molecule has 1 aromatic carbocycles. The summed E-state index contributed by atoms with van der Waals surface area (Å²) >= 11 is 6.15. The van der Waals surface area contributed by atoms with Gasteiger partial charge in [0.15, 0.2) is 5.96 Å². The number of rotatable bonds is 3. The summed E-state index contributed by atoms with van der Waals surface area (Å²) in [5.74, 6) is 0.576. The van der Waals surface area contributed by atoms with E-state index < -0.39 is 0 Å². The summed E-state index contributed by atoms with van der Waals surface area (Å²) in [6.07, 6.45) is 1.83. The molecule has 17 heavy (non-hydrogen) atoms. The van der Waals surface area contributed by atoms with Gasteiger partial charge in [-0.15, -0.1) is 6.58 Å². The fourth-order valence-corrected chi connectivity index (χ4v) is 2.18. The maximum Gasteiger partial charge on any atom is 0.192 e. The summed E-state index contributed by atoms with van der Waals surface area (Å²) in [6.45, 7) is 7.11. The minimum absolute atomic E-state index is 0.172. The van der Waals surface area contributed by atoms with Crippen molar-refractivity contribution in [3.05, 3.63) is 47.0 Å². The molecule has 2 N–H and O–H groups in total. The van der Waals surface area contributed by atoms with Gasteiger partial charge in [-0.1, -0.05) is 29.8 Å². The van der Waals surface area contributed by atoms with E-state index >= 15 is 0 Å². The molecule has 1 heterocycles. The van der Waals surface area contributed by atoms with Crippen LogP contribution in [0.2, 0.25) is 5.02 Å². The van der Waals surface area contributed by atoms with Crippen LogP contribution in [0.15, 0.2) is 35.8 Å². The first-order chi connectivity index (χ1) is 8.13. The quantitative estimate of drug-likeness (QED) is 0.837. The van der Waals surface area contributed by atoms with Gasteiger partial charge >= 0.3 is 0 Å². The second-order valence-corrected chi connectivity index (χ2v) is 4.57. The fraction of sp³-hybridized carbons (Fsp3) is 0.308. The molecule has 1 atom stereocenters. The van der Waals surface area contributed by atoms with Crippen LogP contribution in [-0.4, -0.2) is 23.9 Å². The smallest absolute Gasteiger partial charge is 0.192 e. The molecule has 1 aromatic rings. The van der Waals surface area contributed by atoms with E-state index in [9.17, 15) is 0 Å². The lowest BCUT2D eigenvalue weighted by molar-refractivity contribution is 0.380. The first kappa shape index (κ1) is 12.0. The Hall–Kier alpha value is -1.48. The lowest BCUT2D eigenvalue weighted by Gasteiger charge is -2.25. The average molecular weight is 250 g/mol. The molecule has 0 fully saturated rings. The Bertz CT molecular complexity index is 468. The standard InChI is InChI=1S/C13H16ClN3/c1-3-6-17-12(8-16-13(17)15)10-5-4-9(2)11(14)7-10/h3-5,7,12H,1,6,8H2,2H3,(H2,15,16). The monoisotopic (exact) mass is 249 g/mol. The van der Waals surface area contributed by atoms with Crippen molar-refractivity contribution in [1.82, 2.24) is 4.90 Å². The molecule has 2 rings (SSSR count). The zero-order valence-corrected chi connectivity index (χ0v) is 10.6. The highest BCUT2D eigenvalue weighted by molar-refractivity contribution is 6.31. The SMILES string of the molecule is C=CCN1C(N)=NCC1c1ccc(C)c(Cl)c1. The summed E-state index contributed by atoms with van der Waals surface area (Å²) in [5.41, 5.74) is 8.08. The van der Waals surface area contributed by atoms with Crippen LogP contribution in [0.5, 0.6) is 0 Å². The van der Waals surface area contributed by atoms with Crippen molar-refractivity contribution in [2.24, 2.45) is 10.7 Å². The van der Waals surface area contributed by atoms with Crippen molar-refractivity contribution in [2.45, 2.75) is 13.0 Å². The number of hydrogen-bond donors (Lipinski definition) is 1. The predicted octanol–water partition coefficient (Wildman–Crippen LogP) is 2.51. The number of nitrogens with zero attached hydrogens (tertiary/aromatic N) is 2. The molecule has 0 spiro atoms. The Balaban J connectivity index is 2.27. The molecule has 0 aromatic heterocycles. The van der Waals surface area contributed by atoms with Crippen molar-refractivity contribution in [1.29, 1.82) is 0 Å². The van der Waals surface area contributed by atoms with Crippen LogP contribution in [0.25, 0.3) is 0 Å². The summed E-state index contributed by atoms with van der Waals surface area (Å²) in [5, 5.41) is 0.784. The molecular weight excluding hydrogens is 234 g/mol. The third-order valence-corrected chi connectivity index (χ3v) is 3.41. The van der Waals surface area contributed by atoms with Gasteiger partial charge in [-0.05, 0) is 24.1 Å². The lowest BCUT2D eigenvalue weighted by atomic mass is 10.0. The molecular formula is C13H16ClN3. The maximum absolute atomic E-state index is 6.15. The molecule has 0 bridgehead atoms. The molecule has 90 valence electrons. The highest BCUT2D eigenvalue weighted by Gasteiger charge is 2.26. The highest BCUT2D eigenvalue weighted by atomic mass is 35.5. The number of nitrogens with two attached hydrogens (primary N) is 1. The van der Waals surface area contributed by atoms with Gasteiger partial charge in [0.1, 0.15) is 0 Å². The molecule has 3 nitrogen and oxygen atoms in total. The molecule has 0 radical (unpaired) electrons. The Kier molecular flexibility index (Phi) is 3.38. The van der Waals surface area contributed by atoms with E-state index in [0.29, 0.717) is 19.0 Å². The number of aryl methyl sites for hydroxylation is 1. The van der Waals surface area contributed by atoms with Crippen LogP contribution in [0, 0.1) is 6.92 Å². The van der Waals surface area contributed by atoms with E-state index in [1.807, 2.05) is 30.0 Å². The third-order valence-electron chi connectivity index (χ3n) is 3.00. The summed E-state index contributed by atoms with van der Waals surface area (Å²) in [4.78, 5) is 6.31. The minimum Gasteiger partial charge on any atom is -0.370 e. The van der Waals surface area contributed by atoms with Crippen LogP contribution < -0.4 is 5.73 Å². The molecule has 1 unspecified atom stereocenters. The van der Waals surface area contributed by atoms with E-state index in [0.717, 1.165) is 16.1 Å². The lowest BCUT2D eigenvalue weighted by Crippen LogP contribution is -2.36. The van der Waals surface area contributed by atoms with Crippen molar-refractivity contribution in [3.8, 4) is 0 Å². The zero-order valence-electron chi connectivity index (χ0n) is 9.86. The Morgan fingerprint density at radius 3 is 3.06 bits per heavy atom. The molecule has 0 saturated heterocycles. The maximum atomic E-state index is 6.15. The van der Waals surface area contributed by atoms with Crippen LogP contribution >= 0.6 is 11.6 Å². The van der Waals surface area contributed by atoms with E-state index in [1.165, 1.54) is 0 Å². The number of hydrogen-bond acceptors (Lipinski definition) is 3. The first-order valence-corrected chi connectivity index (χ1v) is 5.94. The topological polar surface area (TPSA) is 41.6 Å². The summed E-state index contributed by atoms with van der Waals surface area (Å²) in [6, 6.07) is 6.27. The Morgan fingerprint density at radius 2 is 2.41 bits per heavy atom. The van der Waals surface area contributed by atoms with Crippen LogP contribution in [-0.2, 0) is 0 Å². The van der Waals surface area contributed by atoms with Gasteiger partial charge < -0.3 is 10.6 Å². The summed E-state index contributed by atoms with van der Waals surface area (Å²) < 4.78 is 0. The van der Waals surface area contributed by atoms with Crippen LogP contribution in [0.3, 0.4) is 0 Å². The van der Waals surface area contributed by atoms with Crippen LogP contribution in [0.4, 0.5) is 0 Å². The van der Waals surface area contributed by atoms with Crippen molar-refractivity contribution in [3.63, 3.8) is 0 Å². The van der Waals surface area contributed by atoms with E-state index in [1.54, 1.807) is 0 Å². The second kappa shape index (κ2) is 4.80. The molecule has 0 aliphatic carbocycles. The number of aliphatic imine (C=N–C) groups is 1. The number of benzene rings is 1. The van der Waals surface area contributed by atoms with Gasteiger partial charge in [-0.2, -0.15) is 0 Å². The van der Waals surface area contributed by atoms with Gasteiger partial charge in [-0.25, -0.2) is 0 Å². The van der Waals surface area contributed by atoms with E-state index in [2.05, 4.69) is 17.6 Å². The minimum atomic E-state index is 0.172. The van der Waals surface area contributed by atoms with Crippen molar-refractivity contribution in [2.75, 3.05) is 13.1 Å². The summed E-state index contributed by atoms with van der Waals surface area (Å²) in [7, 11) is 0. The number of guanidine groups is 1. The zero-order chi connectivity index (χ0) is 12.4. The molecule has 0 amide bonds. The normalized spacial score (nSPS) is 19.3. The van der Waals surface area contributed by atoms with E-state index in [-0.39, 0.29) is 6.04 Å². The van der Waals surface area contributed by atoms with Gasteiger partial charge in [0.25, 0.3) is 0 Å².